The second kappa shape index (κ2) is 8.86. The summed E-state index contributed by atoms with van der Waals surface area (Å²) < 4.78 is 64.1. The molecule has 5 rings (SSSR count). The van der Waals surface area contributed by atoms with Crippen molar-refractivity contribution in [3.63, 3.8) is 0 Å². The molecule has 1 aromatic carbocycles. The molecule has 2 aliphatic rings. The molecule has 1 unspecified atom stereocenters. The quantitative estimate of drug-likeness (QED) is 0.435. The minimum absolute atomic E-state index is 0.0944. The van der Waals surface area contributed by atoms with Crippen molar-refractivity contribution in [3.8, 4) is 0 Å². The highest BCUT2D eigenvalue weighted by Gasteiger charge is 2.54. The summed E-state index contributed by atoms with van der Waals surface area (Å²) in [6.07, 6.45) is -1.80. The van der Waals surface area contributed by atoms with Crippen LogP contribution in [0.15, 0.2) is 36.8 Å². The van der Waals surface area contributed by atoms with Gasteiger partial charge >= 0.3 is 7.82 Å². The molecule has 11 nitrogen and oxygen atoms in total. The van der Waals surface area contributed by atoms with E-state index in [9.17, 15) is 23.6 Å². The first-order valence-corrected chi connectivity index (χ1v) is 12.2. The number of anilines is 1. The molecule has 0 aliphatic carbocycles. The van der Waals surface area contributed by atoms with Crippen molar-refractivity contribution in [2.24, 2.45) is 0 Å². The van der Waals surface area contributed by atoms with Crippen LogP contribution in [-0.2, 0) is 22.9 Å². The van der Waals surface area contributed by atoms with E-state index >= 15 is 0 Å². The Labute approximate surface area is 198 Å². The molecule has 0 bridgehead atoms. The molecule has 0 radical (unpaired) electrons. The lowest BCUT2D eigenvalue weighted by atomic mass is 9.96. The van der Waals surface area contributed by atoms with Crippen molar-refractivity contribution in [2.75, 3.05) is 18.9 Å². The van der Waals surface area contributed by atoms with Crippen LogP contribution < -0.4 is 5.73 Å². The number of ether oxygens (including phenoxy) is 1. The number of aliphatic hydroxyl groups excluding tert-OH is 1. The van der Waals surface area contributed by atoms with Gasteiger partial charge in [-0.3, -0.25) is 13.6 Å². The van der Waals surface area contributed by atoms with Crippen molar-refractivity contribution in [3.05, 3.63) is 54.0 Å². The molecule has 0 spiro atoms. The van der Waals surface area contributed by atoms with Gasteiger partial charge in [-0.1, -0.05) is 12.1 Å². The number of aromatic nitrogens is 3. The molecule has 2 aromatic heterocycles. The monoisotopic (exact) mass is 512 g/mol. The van der Waals surface area contributed by atoms with E-state index in [-0.39, 0.29) is 24.4 Å². The Balaban J connectivity index is 1.32. The van der Waals surface area contributed by atoms with Crippen LogP contribution in [0.3, 0.4) is 0 Å². The molecular weight excluding hydrogens is 489 g/mol. The fraction of sp³-hybridized carbons (Fsp3) is 0.429. The van der Waals surface area contributed by atoms with Gasteiger partial charge in [0.05, 0.1) is 24.7 Å². The largest absolute Gasteiger partial charge is 0.475 e. The Hall–Kier alpha value is -2.51. The summed E-state index contributed by atoms with van der Waals surface area (Å²) in [5.41, 5.74) is 4.33. The number of phosphoric ester groups is 1. The molecule has 2 aliphatic heterocycles. The number of phosphoric acid groups is 1. The van der Waals surface area contributed by atoms with E-state index in [1.165, 1.54) is 30.0 Å². The maximum absolute atomic E-state index is 14.2. The fourth-order valence-corrected chi connectivity index (χ4v) is 5.67. The first-order valence-electron chi connectivity index (χ1n) is 10.7. The number of nitrogen functional groups attached to an aromatic ring is 1. The molecule has 6 atom stereocenters. The van der Waals surface area contributed by atoms with E-state index in [4.69, 9.17) is 24.0 Å². The van der Waals surface area contributed by atoms with Crippen molar-refractivity contribution in [1.82, 2.24) is 14.5 Å². The van der Waals surface area contributed by atoms with Crippen molar-refractivity contribution < 1.29 is 41.9 Å². The predicted octanol–water partition coefficient (Wildman–Crippen LogP) is 2.60. The molecule has 0 amide bonds. The van der Waals surface area contributed by atoms with E-state index in [1.54, 1.807) is 12.3 Å². The lowest BCUT2D eigenvalue weighted by Crippen LogP contribution is -2.44. The summed E-state index contributed by atoms with van der Waals surface area (Å²) in [6, 6.07) is 5.24. The smallest absolute Gasteiger partial charge is 0.387 e. The van der Waals surface area contributed by atoms with Crippen molar-refractivity contribution in [2.45, 2.75) is 43.5 Å². The SMILES string of the molecule is C[C@@]1(O)[C@H](O)[C@@H](COP2(=O)OCC[C@H](c3cccc(F)c3F)O2)O[C@H]1n1ccc2c(N)ncnc21. The summed E-state index contributed by atoms with van der Waals surface area (Å²) in [6.45, 7) is 0.791. The van der Waals surface area contributed by atoms with Gasteiger partial charge in [0.1, 0.15) is 35.6 Å². The molecule has 14 heteroatoms. The van der Waals surface area contributed by atoms with Crippen molar-refractivity contribution >= 4 is 24.7 Å². The highest BCUT2D eigenvalue weighted by molar-refractivity contribution is 7.48. The minimum atomic E-state index is -4.22. The van der Waals surface area contributed by atoms with E-state index in [1.807, 2.05) is 0 Å². The van der Waals surface area contributed by atoms with Gasteiger partial charge in [-0.2, -0.15) is 0 Å². The highest BCUT2D eigenvalue weighted by Crippen LogP contribution is 2.57. The summed E-state index contributed by atoms with van der Waals surface area (Å²) in [5.74, 6) is -1.93. The van der Waals surface area contributed by atoms with Gasteiger partial charge in [-0.25, -0.2) is 23.3 Å². The number of hydrogen-bond acceptors (Lipinski definition) is 10. The summed E-state index contributed by atoms with van der Waals surface area (Å²) >= 11 is 0. The molecular formula is C21H23F2N4O7P. The van der Waals surface area contributed by atoms with Gasteiger partial charge in [0.2, 0.25) is 0 Å². The van der Waals surface area contributed by atoms with Gasteiger partial charge in [0.25, 0.3) is 0 Å². The first kappa shape index (κ1) is 24.2. The Morgan fingerprint density at radius 2 is 2.14 bits per heavy atom. The number of benzene rings is 1. The fourth-order valence-electron chi connectivity index (χ4n) is 4.28. The lowest BCUT2D eigenvalue weighted by Gasteiger charge is -2.30. The number of aliphatic hydroxyl groups is 2. The van der Waals surface area contributed by atoms with Crippen LogP contribution in [0.25, 0.3) is 11.0 Å². The standard InChI is InChI=1S/C21H23F2N4O7P/c1-21(29)17(28)15(33-20(21)27-7-5-12-18(24)25-10-26-19(12)27)9-32-35(30)31-8-6-14(34-35)11-3-2-4-13(22)16(11)23/h2-5,7,10,14-15,17,20,28-29H,6,8-9H2,1H3,(H2,24,25,26)/t14-,15-,17-,20-,21-,35?/m1/s1. The molecule has 2 saturated heterocycles. The average molecular weight is 512 g/mol. The van der Waals surface area contributed by atoms with Gasteiger partial charge in [0.15, 0.2) is 17.9 Å². The maximum Gasteiger partial charge on any atom is 0.475 e. The zero-order valence-electron chi connectivity index (χ0n) is 18.5. The molecule has 0 saturated carbocycles. The zero-order valence-corrected chi connectivity index (χ0v) is 19.3. The topological polar surface area (TPSA) is 151 Å². The average Bonchev–Trinajstić information content (AvgIpc) is 3.34. The number of halogens is 2. The Morgan fingerprint density at radius 3 is 2.94 bits per heavy atom. The molecule has 4 N–H and O–H groups in total. The van der Waals surface area contributed by atoms with E-state index < -0.39 is 56.2 Å². The Morgan fingerprint density at radius 1 is 1.34 bits per heavy atom. The highest BCUT2D eigenvalue weighted by atomic mass is 31.2. The van der Waals surface area contributed by atoms with Gasteiger partial charge in [0, 0.05) is 18.2 Å². The lowest BCUT2D eigenvalue weighted by molar-refractivity contribution is -0.0951. The van der Waals surface area contributed by atoms with Crippen LogP contribution in [0.4, 0.5) is 14.6 Å². The van der Waals surface area contributed by atoms with Crippen molar-refractivity contribution in [1.29, 1.82) is 0 Å². The normalized spacial score (nSPS) is 33.4. The number of nitrogens with two attached hydrogens (primary N) is 1. The van der Waals surface area contributed by atoms with Crippen LogP contribution in [0.5, 0.6) is 0 Å². The number of hydrogen-bond donors (Lipinski definition) is 3. The first-order chi connectivity index (χ1) is 16.6. The number of nitrogens with zero attached hydrogens (tertiary/aromatic N) is 3. The third kappa shape index (κ3) is 4.23. The number of fused-ring (bicyclic) bond motifs is 1. The maximum atomic E-state index is 14.2. The Kier molecular flexibility index (Phi) is 6.12. The summed E-state index contributed by atoms with van der Waals surface area (Å²) in [4.78, 5) is 8.09. The van der Waals surface area contributed by atoms with E-state index in [0.29, 0.717) is 11.0 Å². The van der Waals surface area contributed by atoms with E-state index in [0.717, 1.165) is 6.07 Å². The van der Waals surface area contributed by atoms with Gasteiger partial charge < -0.3 is 25.3 Å². The summed E-state index contributed by atoms with van der Waals surface area (Å²) in [7, 11) is -4.22. The van der Waals surface area contributed by atoms with Crippen LogP contribution in [0.1, 0.15) is 31.2 Å². The Bertz CT molecular complexity index is 1310. The summed E-state index contributed by atoms with van der Waals surface area (Å²) in [5, 5.41) is 22.3. The minimum Gasteiger partial charge on any atom is -0.387 e. The van der Waals surface area contributed by atoms with Crippen LogP contribution in [0.2, 0.25) is 0 Å². The molecule has 3 aromatic rings. The second-order valence-corrected chi connectivity index (χ2v) is 10.1. The van der Waals surface area contributed by atoms with Crippen LogP contribution in [0, 0.1) is 11.6 Å². The van der Waals surface area contributed by atoms with Crippen LogP contribution >= 0.6 is 7.82 Å². The third-order valence-corrected chi connectivity index (χ3v) is 7.64. The van der Waals surface area contributed by atoms with Crippen LogP contribution in [-0.4, -0.2) is 55.8 Å². The van der Waals surface area contributed by atoms with Gasteiger partial charge in [-0.15, -0.1) is 0 Å². The molecule has 4 heterocycles. The molecule has 35 heavy (non-hydrogen) atoms. The number of rotatable bonds is 5. The third-order valence-electron chi connectivity index (χ3n) is 6.16. The molecule has 188 valence electrons. The zero-order chi connectivity index (χ0) is 25.0. The predicted molar refractivity (Wildman–Crippen MR) is 117 cm³/mol. The molecule has 2 fully saturated rings. The van der Waals surface area contributed by atoms with E-state index in [2.05, 4.69) is 9.97 Å². The second-order valence-electron chi connectivity index (χ2n) is 8.52. The van der Waals surface area contributed by atoms with Gasteiger partial charge in [-0.05, 0) is 19.1 Å².